The van der Waals surface area contributed by atoms with E-state index in [2.05, 4.69) is 5.32 Å². The fourth-order valence-electron chi connectivity index (χ4n) is 2.01. The Morgan fingerprint density at radius 1 is 1.15 bits per heavy atom. The minimum atomic E-state index is -0.646. The number of hydrogen-bond donors (Lipinski definition) is 1. The van der Waals surface area contributed by atoms with E-state index in [-0.39, 0.29) is 6.61 Å². The van der Waals surface area contributed by atoms with Crippen LogP contribution in [0, 0.1) is 0 Å². The van der Waals surface area contributed by atoms with Crippen LogP contribution in [0.4, 0.5) is 0 Å². The van der Waals surface area contributed by atoms with E-state index in [0.717, 1.165) is 5.56 Å². The van der Waals surface area contributed by atoms with Crippen molar-refractivity contribution in [3.63, 3.8) is 0 Å². The van der Waals surface area contributed by atoms with Gasteiger partial charge in [0.15, 0.2) is 6.61 Å². The molecule has 2 rings (SSSR count). The first-order valence-electron chi connectivity index (χ1n) is 7.67. The highest BCUT2D eigenvalue weighted by Crippen LogP contribution is 2.21. The second-order valence-corrected chi connectivity index (χ2v) is 6.08. The molecule has 2 aromatic carbocycles. The van der Waals surface area contributed by atoms with Crippen LogP contribution >= 0.6 is 23.2 Å². The third kappa shape index (κ3) is 6.43. The van der Waals surface area contributed by atoms with Gasteiger partial charge in [-0.1, -0.05) is 41.4 Å². The average Bonchev–Trinajstić information content (AvgIpc) is 2.64. The Hall–Kier alpha value is -2.50. The predicted octanol–water partition coefficient (Wildman–Crippen LogP) is 3.87. The van der Waals surface area contributed by atoms with E-state index in [9.17, 15) is 9.59 Å². The van der Waals surface area contributed by atoms with Crippen molar-refractivity contribution in [2.75, 3.05) is 13.7 Å². The van der Waals surface area contributed by atoms with Gasteiger partial charge >= 0.3 is 5.97 Å². The molecule has 0 radical (unpaired) electrons. The van der Waals surface area contributed by atoms with Crippen molar-refractivity contribution in [1.29, 1.82) is 0 Å². The van der Waals surface area contributed by atoms with E-state index >= 15 is 0 Å². The number of ether oxygens (including phenoxy) is 2. The average molecular weight is 394 g/mol. The van der Waals surface area contributed by atoms with Crippen LogP contribution in [0.1, 0.15) is 11.1 Å². The quantitative estimate of drug-likeness (QED) is 0.572. The first-order chi connectivity index (χ1) is 12.5. The molecule has 0 aromatic heterocycles. The van der Waals surface area contributed by atoms with Crippen molar-refractivity contribution in [1.82, 2.24) is 5.32 Å². The number of rotatable bonds is 7. The highest BCUT2D eigenvalue weighted by molar-refractivity contribution is 6.35. The lowest BCUT2D eigenvalue weighted by molar-refractivity contribution is -0.143. The Labute approximate surface area is 161 Å². The van der Waals surface area contributed by atoms with Crippen LogP contribution in [-0.2, 0) is 20.9 Å². The molecule has 2 aromatic rings. The number of carbonyl (C=O) groups excluding carboxylic acids is 2. The smallest absolute Gasteiger partial charge is 0.331 e. The van der Waals surface area contributed by atoms with Crippen LogP contribution in [0.5, 0.6) is 5.75 Å². The second-order valence-electron chi connectivity index (χ2n) is 5.24. The Kier molecular flexibility index (Phi) is 7.51. The molecule has 26 heavy (non-hydrogen) atoms. The Morgan fingerprint density at radius 2 is 1.96 bits per heavy atom. The molecule has 5 nitrogen and oxygen atoms in total. The number of methoxy groups -OCH3 is 1. The monoisotopic (exact) mass is 393 g/mol. The molecule has 7 heteroatoms. The Bertz CT molecular complexity index is 821. The van der Waals surface area contributed by atoms with Gasteiger partial charge in [0.05, 0.1) is 7.11 Å². The van der Waals surface area contributed by atoms with Crippen molar-refractivity contribution >= 4 is 41.2 Å². The fourth-order valence-corrected chi connectivity index (χ4v) is 2.48. The molecule has 0 saturated carbocycles. The minimum Gasteiger partial charge on any atom is -0.497 e. The molecule has 1 N–H and O–H groups in total. The predicted molar refractivity (Wildman–Crippen MR) is 101 cm³/mol. The normalized spacial score (nSPS) is 10.6. The van der Waals surface area contributed by atoms with Crippen LogP contribution in [0.25, 0.3) is 6.08 Å². The molecular formula is C19H17Cl2NO4. The van der Waals surface area contributed by atoms with E-state index in [1.165, 1.54) is 12.2 Å². The molecule has 136 valence electrons. The molecule has 0 aliphatic rings. The van der Waals surface area contributed by atoms with Gasteiger partial charge in [-0.2, -0.15) is 0 Å². The summed E-state index contributed by atoms with van der Waals surface area (Å²) in [6.07, 6.45) is 2.69. The van der Waals surface area contributed by atoms with E-state index in [1.807, 2.05) is 24.3 Å². The molecule has 0 fully saturated rings. The lowest BCUT2D eigenvalue weighted by Gasteiger charge is -2.07. The van der Waals surface area contributed by atoms with Gasteiger partial charge in [0.25, 0.3) is 5.91 Å². The van der Waals surface area contributed by atoms with Crippen LogP contribution in [-0.4, -0.2) is 25.6 Å². The minimum absolute atomic E-state index is 0.309. The number of carbonyl (C=O) groups is 2. The highest BCUT2D eigenvalue weighted by atomic mass is 35.5. The van der Waals surface area contributed by atoms with Crippen molar-refractivity contribution in [2.24, 2.45) is 0 Å². The van der Waals surface area contributed by atoms with Crippen molar-refractivity contribution in [3.8, 4) is 5.75 Å². The summed E-state index contributed by atoms with van der Waals surface area (Å²) in [6, 6.07) is 12.2. The summed E-state index contributed by atoms with van der Waals surface area (Å²) in [6.45, 7) is -0.0642. The standard InChI is InChI=1S/C19H17Cl2NO4/c1-25-16-4-2-3-13(9-16)11-22-18(23)12-26-19(24)8-6-14-5-7-15(20)10-17(14)21/h2-10H,11-12H2,1H3,(H,22,23)/b8-6+. The van der Waals surface area contributed by atoms with Gasteiger partial charge in [-0.3, -0.25) is 4.79 Å². The van der Waals surface area contributed by atoms with Gasteiger partial charge in [-0.05, 0) is 41.5 Å². The maximum Gasteiger partial charge on any atom is 0.331 e. The van der Waals surface area contributed by atoms with Crippen LogP contribution in [0.3, 0.4) is 0 Å². The van der Waals surface area contributed by atoms with Gasteiger partial charge in [-0.25, -0.2) is 4.79 Å². The van der Waals surface area contributed by atoms with Crippen LogP contribution in [0.2, 0.25) is 10.0 Å². The lowest BCUT2D eigenvalue weighted by atomic mass is 10.2. The number of hydrogen-bond acceptors (Lipinski definition) is 4. The van der Waals surface area contributed by atoms with Crippen molar-refractivity contribution in [2.45, 2.75) is 6.54 Å². The molecule has 0 spiro atoms. The molecule has 0 atom stereocenters. The van der Waals surface area contributed by atoms with E-state index in [1.54, 1.807) is 25.3 Å². The summed E-state index contributed by atoms with van der Waals surface area (Å²) in [4.78, 5) is 23.4. The van der Waals surface area contributed by atoms with E-state index in [4.69, 9.17) is 32.7 Å². The summed E-state index contributed by atoms with van der Waals surface area (Å²) < 4.78 is 10.0. The molecule has 0 aliphatic heterocycles. The molecule has 0 aliphatic carbocycles. The molecule has 0 heterocycles. The van der Waals surface area contributed by atoms with Crippen molar-refractivity contribution in [3.05, 3.63) is 69.7 Å². The number of benzene rings is 2. The summed E-state index contributed by atoms with van der Waals surface area (Å²) in [5, 5.41) is 3.58. The van der Waals surface area contributed by atoms with Crippen molar-refractivity contribution < 1.29 is 19.1 Å². The summed E-state index contributed by atoms with van der Waals surface area (Å²) in [5.74, 6) is -0.346. The molecule has 0 saturated heterocycles. The topological polar surface area (TPSA) is 64.6 Å². The first-order valence-corrected chi connectivity index (χ1v) is 8.43. The molecular weight excluding hydrogens is 377 g/mol. The Balaban J connectivity index is 1.77. The highest BCUT2D eigenvalue weighted by Gasteiger charge is 2.06. The summed E-state index contributed by atoms with van der Waals surface area (Å²) in [5.41, 5.74) is 1.50. The summed E-state index contributed by atoms with van der Waals surface area (Å²) >= 11 is 11.8. The van der Waals surface area contributed by atoms with Gasteiger partial charge in [-0.15, -0.1) is 0 Å². The Morgan fingerprint density at radius 3 is 2.69 bits per heavy atom. The van der Waals surface area contributed by atoms with Gasteiger partial charge < -0.3 is 14.8 Å². The van der Waals surface area contributed by atoms with Gasteiger partial charge in [0.1, 0.15) is 5.75 Å². The fraction of sp³-hybridized carbons (Fsp3) is 0.158. The van der Waals surface area contributed by atoms with E-state index in [0.29, 0.717) is 27.9 Å². The molecule has 0 unspecified atom stereocenters. The third-order valence-corrected chi connectivity index (χ3v) is 3.89. The zero-order valence-corrected chi connectivity index (χ0v) is 15.5. The molecule has 0 bridgehead atoms. The van der Waals surface area contributed by atoms with Crippen LogP contribution in [0.15, 0.2) is 48.5 Å². The third-order valence-electron chi connectivity index (χ3n) is 3.33. The maximum absolute atomic E-state index is 11.8. The number of amides is 1. The zero-order valence-electron chi connectivity index (χ0n) is 14.0. The first kappa shape index (κ1) is 19.8. The van der Waals surface area contributed by atoms with Gasteiger partial charge in [0.2, 0.25) is 0 Å². The number of nitrogens with one attached hydrogen (secondary N) is 1. The van der Waals surface area contributed by atoms with Gasteiger partial charge in [0, 0.05) is 22.7 Å². The second kappa shape index (κ2) is 9.85. The molecule has 1 amide bonds. The maximum atomic E-state index is 11.8. The zero-order chi connectivity index (χ0) is 18.9. The van der Waals surface area contributed by atoms with E-state index < -0.39 is 11.9 Å². The lowest BCUT2D eigenvalue weighted by Crippen LogP contribution is -2.28. The van der Waals surface area contributed by atoms with Crippen LogP contribution < -0.4 is 10.1 Å². The number of halogens is 2. The summed E-state index contributed by atoms with van der Waals surface area (Å²) in [7, 11) is 1.57. The SMILES string of the molecule is COc1cccc(CNC(=O)COC(=O)/C=C/c2ccc(Cl)cc2Cl)c1. The largest absolute Gasteiger partial charge is 0.497 e. The number of esters is 1.